The van der Waals surface area contributed by atoms with Crippen LogP contribution in [0.25, 0.3) is 83.0 Å². The number of para-hydroxylation sites is 4. The molecule has 0 aliphatic carbocycles. The van der Waals surface area contributed by atoms with Gasteiger partial charge in [0.2, 0.25) is 0 Å². The van der Waals surface area contributed by atoms with Crippen molar-refractivity contribution >= 4 is 54.8 Å². The Morgan fingerprint density at radius 2 is 1.07 bits per heavy atom. The van der Waals surface area contributed by atoms with Gasteiger partial charge in [0, 0.05) is 27.1 Å². The molecule has 4 nitrogen and oxygen atoms in total. The Morgan fingerprint density at radius 1 is 0.429 bits per heavy atom. The van der Waals surface area contributed by atoms with Crippen molar-refractivity contribution in [3.8, 4) is 28.2 Å². The van der Waals surface area contributed by atoms with Crippen molar-refractivity contribution in [3.63, 3.8) is 0 Å². The maximum absolute atomic E-state index is 6.29. The SMILES string of the molecule is c1ccc(-c2ccc(-c3nc4ccccc4nc3-n3c4ccccc4c4c5c(ccc43)oc3ccccc35)cc2)cc1. The van der Waals surface area contributed by atoms with Gasteiger partial charge in [0.1, 0.15) is 16.9 Å². The highest BCUT2D eigenvalue weighted by molar-refractivity contribution is 6.27. The molecule has 0 amide bonds. The zero-order chi connectivity index (χ0) is 27.6. The van der Waals surface area contributed by atoms with E-state index in [1.165, 1.54) is 11.1 Å². The Balaban J connectivity index is 1.37. The summed E-state index contributed by atoms with van der Waals surface area (Å²) in [7, 11) is 0. The van der Waals surface area contributed by atoms with Gasteiger partial charge in [-0.15, -0.1) is 0 Å². The number of rotatable bonds is 3. The molecule has 6 aromatic carbocycles. The Kier molecular flexibility index (Phi) is 4.87. The third-order valence-corrected chi connectivity index (χ3v) is 8.21. The third-order valence-electron chi connectivity index (χ3n) is 8.21. The lowest BCUT2D eigenvalue weighted by Gasteiger charge is -2.14. The van der Waals surface area contributed by atoms with E-state index >= 15 is 0 Å². The van der Waals surface area contributed by atoms with Crippen LogP contribution in [0.3, 0.4) is 0 Å². The summed E-state index contributed by atoms with van der Waals surface area (Å²) in [6, 6.07) is 48.2. The fraction of sp³-hybridized carbons (Fsp3) is 0. The summed E-state index contributed by atoms with van der Waals surface area (Å²) < 4.78 is 8.56. The maximum atomic E-state index is 6.29. The molecule has 0 spiro atoms. The fourth-order valence-electron chi connectivity index (χ4n) is 6.29. The molecule has 0 atom stereocenters. The molecule has 9 aromatic rings. The minimum absolute atomic E-state index is 0.805. The average Bonchev–Trinajstić information content (AvgIpc) is 3.60. The predicted molar refractivity (Wildman–Crippen MR) is 172 cm³/mol. The highest BCUT2D eigenvalue weighted by atomic mass is 16.3. The highest BCUT2D eigenvalue weighted by Crippen LogP contribution is 2.42. The second kappa shape index (κ2) is 8.88. The Bertz CT molecular complexity index is 2450. The van der Waals surface area contributed by atoms with Crippen molar-refractivity contribution in [2.24, 2.45) is 0 Å². The van der Waals surface area contributed by atoms with E-state index in [1.807, 2.05) is 42.5 Å². The zero-order valence-corrected chi connectivity index (χ0v) is 22.5. The predicted octanol–water partition coefficient (Wildman–Crippen LogP) is 9.96. The van der Waals surface area contributed by atoms with E-state index in [-0.39, 0.29) is 0 Å². The van der Waals surface area contributed by atoms with Gasteiger partial charge in [0.05, 0.1) is 22.1 Å². The van der Waals surface area contributed by atoms with Crippen LogP contribution in [0.2, 0.25) is 0 Å². The molecule has 0 aliphatic heterocycles. The normalized spacial score (nSPS) is 11.8. The summed E-state index contributed by atoms with van der Waals surface area (Å²) in [4.78, 5) is 10.5. The molecule has 3 heterocycles. The van der Waals surface area contributed by atoms with Gasteiger partial charge >= 0.3 is 0 Å². The van der Waals surface area contributed by atoms with Crippen molar-refractivity contribution in [1.82, 2.24) is 14.5 Å². The molecule has 0 saturated heterocycles. The van der Waals surface area contributed by atoms with E-state index in [0.717, 1.165) is 71.9 Å². The number of fused-ring (bicyclic) bond motifs is 8. The van der Waals surface area contributed by atoms with E-state index in [9.17, 15) is 0 Å². The quantitative estimate of drug-likeness (QED) is 0.225. The molecule has 0 unspecified atom stereocenters. The summed E-state index contributed by atoms with van der Waals surface area (Å²) in [6.07, 6.45) is 0. The summed E-state index contributed by atoms with van der Waals surface area (Å²) in [5, 5.41) is 4.56. The van der Waals surface area contributed by atoms with E-state index in [2.05, 4.69) is 102 Å². The molecule has 196 valence electrons. The smallest absolute Gasteiger partial charge is 0.165 e. The van der Waals surface area contributed by atoms with Crippen LogP contribution in [0, 0.1) is 0 Å². The lowest BCUT2D eigenvalue weighted by molar-refractivity contribution is 0.669. The van der Waals surface area contributed by atoms with Crippen molar-refractivity contribution in [2.75, 3.05) is 0 Å². The van der Waals surface area contributed by atoms with Crippen LogP contribution in [-0.2, 0) is 0 Å². The van der Waals surface area contributed by atoms with E-state index in [1.54, 1.807) is 0 Å². The van der Waals surface area contributed by atoms with Gasteiger partial charge in [-0.1, -0.05) is 103 Å². The van der Waals surface area contributed by atoms with Crippen LogP contribution in [-0.4, -0.2) is 14.5 Å². The molecule has 0 aliphatic rings. The molecule has 3 aromatic heterocycles. The van der Waals surface area contributed by atoms with Crippen LogP contribution in [0.5, 0.6) is 0 Å². The van der Waals surface area contributed by atoms with E-state index in [4.69, 9.17) is 14.4 Å². The molecule has 0 fully saturated rings. The topological polar surface area (TPSA) is 43.9 Å². The molecule has 4 heteroatoms. The van der Waals surface area contributed by atoms with Crippen LogP contribution >= 0.6 is 0 Å². The Hall–Kier alpha value is -5.74. The van der Waals surface area contributed by atoms with Crippen molar-refractivity contribution < 1.29 is 4.42 Å². The monoisotopic (exact) mass is 537 g/mol. The van der Waals surface area contributed by atoms with Crippen molar-refractivity contribution in [1.29, 1.82) is 0 Å². The van der Waals surface area contributed by atoms with Gasteiger partial charge in [-0.3, -0.25) is 4.57 Å². The number of benzene rings is 6. The second-order valence-electron chi connectivity index (χ2n) is 10.6. The molecule has 42 heavy (non-hydrogen) atoms. The summed E-state index contributed by atoms with van der Waals surface area (Å²) in [5.74, 6) is 0.805. The molecular formula is C38H23N3O. The van der Waals surface area contributed by atoms with Crippen LogP contribution < -0.4 is 0 Å². The summed E-state index contributed by atoms with van der Waals surface area (Å²) >= 11 is 0. The standard InChI is InChI=1S/C38H23N3O/c1-2-10-24(11-3-1)25-18-20-26(21-19-25)37-38(40-30-15-7-6-14-29(30)39-37)41-31-16-8-4-12-27(31)35-32(41)22-23-34-36(35)28-13-5-9-17-33(28)42-34/h1-23H. The first-order chi connectivity index (χ1) is 20.8. The molecule has 9 rings (SSSR count). The van der Waals surface area contributed by atoms with Crippen LogP contribution in [0.1, 0.15) is 0 Å². The minimum Gasteiger partial charge on any atom is -0.456 e. The van der Waals surface area contributed by atoms with Crippen molar-refractivity contribution in [3.05, 3.63) is 140 Å². The van der Waals surface area contributed by atoms with Gasteiger partial charge in [-0.2, -0.15) is 0 Å². The molecule has 0 N–H and O–H groups in total. The van der Waals surface area contributed by atoms with Crippen molar-refractivity contribution in [2.45, 2.75) is 0 Å². The first kappa shape index (κ1) is 23.0. The Labute approximate surface area is 241 Å². The summed E-state index contributed by atoms with van der Waals surface area (Å²) in [5.41, 5.74) is 9.86. The number of hydrogen-bond acceptors (Lipinski definition) is 3. The largest absolute Gasteiger partial charge is 0.456 e. The van der Waals surface area contributed by atoms with Crippen LogP contribution in [0.4, 0.5) is 0 Å². The molecular weight excluding hydrogens is 514 g/mol. The zero-order valence-electron chi connectivity index (χ0n) is 22.5. The third kappa shape index (κ3) is 3.36. The number of nitrogens with zero attached hydrogens (tertiary/aromatic N) is 3. The first-order valence-electron chi connectivity index (χ1n) is 14.1. The maximum Gasteiger partial charge on any atom is 0.165 e. The highest BCUT2D eigenvalue weighted by Gasteiger charge is 2.22. The van der Waals surface area contributed by atoms with E-state index in [0.29, 0.717) is 0 Å². The Morgan fingerprint density at radius 3 is 1.90 bits per heavy atom. The second-order valence-corrected chi connectivity index (χ2v) is 10.6. The molecule has 0 saturated carbocycles. The lowest BCUT2D eigenvalue weighted by atomic mass is 10.0. The minimum atomic E-state index is 0.805. The lowest BCUT2D eigenvalue weighted by Crippen LogP contribution is -2.03. The number of aromatic nitrogens is 3. The van der Waals surface area contributed by atoms with Gasteiger partial charge < -0.3 is 4.42 Å². The van der Waals surface area contributed by atoms with Crippen LogP contribution in [0.15, 0.2) is 144 Å². The molecule has 0 bridgehead atoms. The average molecular weight is 538 g/mol. The van der Waals surface area contributed by atoms with Gasteiger partial charge in [0.15, 0.2) is 5.82 Å². The first-order valence-corrected chi connectivity index (χ1v) is 14.1. The number of furan rings is 1. The number of hydrogen-bond donors (Lipinski definition) is 0. The van der Waals surface area contributed by atoms with Gasteiger partial charge in [-0.25, -0.2) is 9.97 Å². The van der Waals surface area contributed by atoms with Gasteiger partial charge in [0.25, 0.3) is 0 Å². The summed E-state index contributed by atoms with van der Waals surface area (Å²) in [6.45, 7) is 0. The van der Waals surface area contributed by atoms with Gasteiger partial charge in [-0.05, 0) is 47.5 Å². The fourth-order valence-corrected chi connectivity index (χ4v) is 6.29. The molecule has 0 radical (unpaired) electrons. The van der Waals surface area contributed by atoms with E-state index < -0.39 is 0 Å².